The third-order valence-corrected chi connectivity index (χ3v) is 16.1. The number of hydrogen-bond acceptors (Lipinski definition) is 6. The van der Waals surface area contributed by atoms with E-state index in [1.54, 1.807) is 6.08 Å². The van der Waals surface area contributed by atoms with Crippen molar-refractivity contribution in [3.05, 3.63) is 36.5 Å². The van der Waals surface area contributed by atoms with Crippen LogP contribution >= 0.6 is 7.82 Å². The second-order valence-corrected chi connectivity index (χ2v) is 25.2. The molecule has 0 aliphatic carbocycles. The first-order valence-electron chi connectivity index (χ1n) is 32.9. The highest BCUT2D eigenvalue weighted by Gasteiger charge is 2.23. The van der Waals surface area contributed by atoms with E-state index in [1.165, 1.54) is 263 Å². The second-order valence-electron chi connectivity index (χ2n) is 23.8. The van der Waals surface area contributed by atoms with Crippen LogP contribution in [0.25, 0.3) is 0 Å². The summed E-state index contributed by atoms with van der Waals surface area (Å²) in [5, 5.41) is 13.9. The highest BCUT2D eigenvalue weighted by molar-refractivity contribution is 7.45. The number of quaternary nitrogens is 1. The summed E-state index contributed by atoms with van der Waals surface area (Å²) < 4.78 is 23.4. The van der Waals surface area contributed by atoms with Gasteiger partial charge < -0.3 is 28.8 Å². The fourth-order valence-corrected chi connectivity index (χ4v) is 10.7. The molecule has 3 unspecified atom stereocenters. The number of nitrogens with zero attached hydrogens (tertiary/aromatic N) is 1. The number of aliphatic hydroxyl groups is 1. The summed E-state index contributed by atoms with van der Waals surface area (Å²) >= 11 is 0. The number of nitrogens with one attached hydrogen (secondary N) is 1. The second kappa shape index (κ2) is 57.4. The number of carbonyl (C=O) groups excluding carboxylic acids is 1. The van der Waals surface area contributed by atoms with E-state index in [2.05, 4.69) is 43.5 Å². The van der Waals surface area contributed by atoms with Crippen LogP contribution in [0.15, 0.2) is 36.5 Å². The molecule has 0 aliphatic rings. The molecule has 0 aliphatic heterocycles. The van der Waals surface area contributed by atoms with Crippen molar-refractivity contribution >= 4 is 13.7 Å². The van der Waals surface area contributed by atoms with Gasteiger partial charge >= 0.3 is 0 Å². The maximum absolute atomic E-state index is 13.0. The summed E-state index contributed by atoms with van der Waals surface area (Å²) in [5.41, 5.74) is 0. The maximum atomic E-state index is 13.0. The molecule has 0 aromatic rings. The monoisotopic (exact) mass is 1080 g/mol. The largest absolute Gasteiger partial charge is 0.756 e. The lowest BCUT2D eigenvalue weighted by atomic mass is 10.0. The van der Waals surface area contributed by atoms with Crippen LogP contribution in [0, 0.1) is 0 Å². The number of rotatable bonds is 61. The summed E-state index contributed by atoms with van der Waals surface area (Å²) in [6.07, 6.45) is 75.3. The lowest BCUT2D eigenvalue weighted by Crippen LogP contribution is -2.45. The Morgan fingerprint density at radius 3 is 1.11 bits per heavy atom. The van der Waals surface area contributed by atoms with Crippen LogP contribution in [0.2, 0.25) is 0 Å². The van der Waals surface area contributed by atoms with E-state index in [0.29, 0.717) is 17.4 Å². The van der Waals surface area contributed by atoms with Crippen LogP contribution < -0.4 is 10.2 Å². The van der Waals surface area contributed by atoms with E-state index in [9.17, 15) is 19.4 Å². The van der Waals surface area contributed by atoms with Gasteiger partial charge in [0, 0.05) is 6.42 Å². The smallest absolute Gasteiger partial charge is 0.268 e. The van der Waals surface area contributed by atoms with E-state index >= 15 is 0 Å². The van der Waals surface area contributed by atoms with E-state index in [1.807, 2.05) is 27.2 Å². The highest BCUT2D eigenvalue weighted by atomic mass is 31.2. The Hall–Kier alpha value is -1.28. The van der Waals surface area contributed by atoms with E-state index in [-0.39, 0.29) is 19.1 Å². The molecule has 0 saturated heterocycles. The molecule has 8 nitrogen and oxygen atoms in total. The molecule has 1 amide bonds. The van der Waals surface area contributed by atoms with Gasteiger partial charge in [-0.3, -0.25) is 9.36 Å². The number of carbonyl (C=O) groups is 1. The maximum Gasteiger partial charge on any atom is 0.268 e. The lowest BCUT2D eigenvalue weighted by molar-refractivity contribution is -0.870. The summed E-state index contributed by atoms with van der Waals surface area (Å²) in [7, 11) is 1.27. The van der Waals surface area contributed by atoms with Gasteiger partial charge in [0.25, 0.3) is 7.82 Å². The van der Waals surface area contributed by atoms with Crippen LogP contribution in [0.4, 0.5) is 0 Å². The van der Waals surface area contributed by atoms with Gasteiger partial charge in [-0.2, -0.15) is 0 Å². The first-order valence-corrected chi connectivity index (χ1v) is 34.3. The fourth-order valence-electron chi connectivity index (χ4n) is 9.95. The average molecular weight is 1080 g/mol. The van der Waals surface area contributed by atoms with Gasteiger partial charge in [-0.1, -0.05) is 307 Å². The molecule has 0 aromatic heterocycles. The van der Waals surface area contributed by atoms with E-state index in [4.69, 9.17) is 9.05 Å². The van der Waals surface area contributed by atoms with Crippen molar-refractivity contribution in [3.8, 4) is 0 Å². The molecule has 0 fully saturated rings. The average Bonchev–Trinajstić information content (AvgIpc) is 3.37. The Morgan fingerprint density at radius 2 is 0.773 bits per heavy atom. The zero-order chi connectivity index (χ0) is 54.9. The predicted molar refractivity (Wildman–Crippen MR) is 325 cm³/mol. The first-order chi connectivity index (χ1) is 36.5. The molecule has 0 rings (SSSR count). The minimum absolute atomic E-state index is 0.000337. The topological polar surface area (TPSA) is 108 Å². The van der Waals surface area contributed by atoms with Gasteiger partial charge in [0.2, 0.25) is 5.91 Å². The standard InChI is InChI=1S/C66H129N2O6P/c1-6-8-10-12-14-16-18-20-22-24-26-28-30-31-32-33-34-35-36-37-38-40-42-44-46-48-50-52-54-56-58-60-66(70)67-64(63-74-75(71,72)73-62-61-68(3,4)5)65(69)59-57-55-53-51-49-47-45-43-41-39-29-27-25-23-21-19-17-15-13-11-9-7-2/h26,28,31-32,57,59,64-65,69H,6-25,27,29-30,33-56,58,60-63H2,1-5H3,(H-,67,70,71,72)/b28-26-,32-31-,59-57+. The molecular weight excluding hydrogens is 948 g/mol. The number of phosphoric acid groups is 1. The number of phosphoric ester groups is 1. The van der Waals surface area contributed by atoms with Gasteiger partial charge in [0.05, 0.1) is 39.9 Å². The Kier molecular flexibility index (Phi) is 56.4. The van der Waals surface area contributed by atoms with Gasteiger partial charge in [0.15, 0.2) is 0 Å². The molecule has 0 radical (unpaired) electrons. The van der Waals surface area contributed by atoms with E-state index < -0.39 is 20.0 Å². The highest BCUT2D eigenvalue weighted by Crippen LogP contribution is 2.38. The normalized spacial score (nSPS) is 14.0. The molecule has 0 aromatic carbocycles. The van der Waals surface area contributed by atoms with Crippen LogP contribution in [-0.4, -0.2) is 68.5 Å². The third kappa shape index (κ3) is 60.2. The van der Waals surface area contributed by atoms with Gasteiger partial charge in [-0.05, 0) is 51.4 Å². The molecule has 0 saturated carbocycles. The molecule has 2 N–H and O–H groups in total. The van der Waals surface area contributed by atoms with Crippen LogP contribution in [0.1, 0.15) is 328 Å². The first kappa shape index (κ1) is 73.7. The van der Waals surface area contributed by atoms with Gasteiger partial charge in [0.1, 0.15) is 13.2 Å². The van der Waals surface area contributed by atoms with Crippen molar-refractivity contribution in [3.63, 3.8) is 0 Å². The molecule has 0 bridgehead atoms. The quantitative estimate of drug-likeness (QED) is 0.0272. The summed E-state index contributed by atoms with van der Waals surface area (Å²) in [4.78, 5) is 25.6. The Bertz CT molecular complexity index is 1320. The van der Waals surface area contributed by atoms with Crippen molar-refractivity contribution in [1.29, 1.82) is 0 Å². The summed E-state index contributed by atoms with van der Waals surface area (Å²) in [6, 6.07) is -0.887. The molecule has 0 heterocycles. The van der Waals surface area contributed by atoms with Crippen molar-refractivity contribution < 1.29 is 32.9 Å². The van der Waals surface area contributed by atoms with Crippen LogP contribution in [-0.2, 0) is 18.4 Å². The zero-order valence-corrected chi connectivity index (χ0v) is 51.7. The number of allylic oxidation sites excluding steroid dienone is 5. The van der Waals surface area contributed by atoms with E-state index in [0.717, 1.165) is 44.9 Å². The fraction of sp³-hybridized carbons (Fsp3) is 0.894. The molecule has 75 heavy (non-hydrogen) atoms. The van der Waals surface area contributed by atoms with Crippen molar-refractivity contribution in [2.75, 3.05) is 40.9 Å². The van der Waals surface area contributed by atoms with Gasteiger partial charge in [-0.25, -0.2) is 0 Å². The molecule has 9 heteroatoms. The SMILES string of the molecule is CCCCCCCCCCC/C=C\C/C=C\CCCCCCCCCCCCCCCCCC(=O)NC(COP(=O)([O-])OCC[N+](C)(C)C)C(O)/C=C/CCCCCCCCCCCCCCCCCCCCCC. The lowest BCUT2D eigenvalue weighted by Gasteiger charge is -2.29. The Labute approximate surface area is 467 Å². The number of aliphatic hydroxyl groups excluding tert-OH is 1. The zero-order valence-electron chi connectivity index (χ0n) is 50.8. The van der Waals surface area contributed by atoms with Crippen molar-refractivity contribution in [2.24, 2.45) is 0 Å². The third-order valence-electron chi connectivity index (χ3n) is 15.1. The number of hydrogen-bond donors (Lipinski definition) is 2. The summed E-state index contributed by atoms with van der Waals surface area (Å²) in [5.74, 6) is -0.192. The molecule has 0 spiro atoms. The molecule has 444 valence electrons. The van der Waals surface area contributed by atoms with Crippen molar-refractivity contribution in [1.82, 2.24) is 5.32 Å². The van der Waals surface area contributed by atoms with Crippen LogP contribution in [0.3, 0.4) is 0 Å². The Balaban J connectivity index is 4.08. The molecular formula is C66H129N2O6P. The number of unbranched alkanes of at least 4 members (excludes halogenated alkanes) is 44. The summed E-state index contributed by atoms with van der Waals surface area (Å²) in [6.45, 7) is 4.70. The van der Waals surface area contributed by atoms with Crippen LogP contribution in [0.5, 0.6) is 0 Å². The predicted octanol–water partition coefficient (Wildman–Crippen LogP) is 19.9. The molecule has 3 atom stereocenters. The Morgan fingerprint density at radius 1 is 0.467 bits per heavy atom. The minimum atomic E-state index is -4.60. The number of amides is 1. The minimum Gasteiger partial charge on any atom is -0.756 e. The van der Waals surface area contributed by atoms with Gasteiger partial charge in [-0.15, -0.1) is 0 Å². The van der Waals surface area contributed by atoms with Crippen molar-refractivity contribution in [2.45, 2.75) is 341 Å². The number of likely N-dealkylation sites (N-methyl/N-ethyl adjacent to an activating group) is 1.